The predicted octanol–water partition coefficient (Wildman–Crippen LogP) is 2.01. The van der Waals surface area contributed by atoms with E-state index in [1.165, 1.54) is 35.9 Å². The predicted molar refractivity (Wildman–Crippen MR) is 83.3 cm³/mol. The number of hydrogen-bond donors (Lipinski definition) is 1. The Hall–Kier alpha value is 0.580. The van der Waals surface area contributed by atoms with Gasteiger partial charge < -0.3 is 14.8 Å². The van der Waals surface area contributed by atoms with Crippen molar-refractivity contribution in [1.29, 1.82) is 0 Å². The standard InChI is InChI=1S/C14H25NO2S2/c1-2-11(1)7-17-14-3-4-16-8-13(14)15-12-9-18-5-6-19-10-12/h11-15H,1-10H2/t13-,14+/m1/s1. The van der Waals surface area contributed by atoms with E-state index < -0.39 is 0 Å². The summed E-state index contributed by atoms with van der Waals surface area (Å²) in [5, 5.41) is 3.80. The molecule has 0 aromatic rings. The van der Waals surface area contributed by atoms with E-state index in [9.17, 15) is 0 Å². The molecule has 2 atom stereocenters. The molecule has 19 heavy (non-hydrogen) atoms. The summed E-state index contributed by atoms with van der Waals surface area (Å²) in [6.07, 6.45) is 4.17. The molecule has 2 saturated heterocycles. The Morgan fingerprint density at radius 2 is 1.89 bits per heavy atom. The van der Waals surface area contributed by atoms with Crippen LogP contribution in [0.5, 0.6) is 0 Å². The first-order valence-corrected chi connectivity index (χ1v) is 9.83. The van der Waals surface area contributed by atoms with Crippen LogP contribution in [0.2, 0.25) is 0 Å². The van der Waals surface area contributed by atoms with Crippen molar-refractivity contribution >= 4 is 23.5 Å². The molecule has 3 fully saturated rings. The smallest absolute Gasteiger partial charge is 0.0772 e. The van der Waals surface area contributed by atoms with Gasteiger partial charge in [-0.2, -0.15) is 23.5 Å². The average Bonchev–Trinajstić information content (AvgIpc) is 3.25. The van der Waals surface area contributed by atoms with E-state index in [0.717, 1.165) is 32.2 Å². The molecule has 2 aliphatic heterocycles. The van der Waals surface area contributed by atoms with Crippen molar-refractivity contribution in [3.63, 3.8) is 0 Å². The highest BCUT2D eigenvalue weighted by atomic mass is 32.2. The summed E-state index contributed by atoms with van der Waals surface area (Å²) in [5.41, 5.74) is 0. The fraction of sp³-hybridized carbons (Fsp3) is 1.00. The zero-order chi connectivity index (χ0) is 12.9. The SMILES string of the molecule is C1C[C@H](OCC2CC2)[C@H](NC2CSCCSC2)CO1. The second-order valence-corrected chi connectivity index (χ2v) is 8.10. The summed E-state index contributed by atoms with van der Waals surface area (Å²) < 4.78 is 11.8. The Bertz CT molecular complexity index is 268. The maximum Gasteiger partial charge on any atom is 0.0772 e. The van der Waals surface area contributed by atoms with Crippen molar-refractivity contribution in [3.05, 3.63) is 0 Å². The molecule has 0 bridgehead atoms. The number of thioether (sulfide) groups is 2. The van der Waals surface area contributed by atoms with Gasteiger partial charge >= 0.3 is 0 Å². The van der Waals surface area contributed by atoms with Crippen LogP contribution >= 0.6 is 23.5 Å². The van der Waals surface area contributed by atoms with Crippen LogP contribution in [0.1, 0.15) is 19.3 Å². The van der Waals surface area contributed by atoms with Crippen molar-refractivity contribution in [2.75, 3.05) is 42.8 Å². The Labute approximate surface area is 124 Å². The highest BCUT2D eigenvalue weighted by molar-refractivity contribution is 8.03. The van der Waals surface area contributed by atoms with Crippen LogP contribution < -0.4 is 5.32 Å². The third kappa shape index (κ3) is 4.81. The van der Waals surface area contributed by atoms with Gasteiger partial charge in [-0.1, -0.05) is 0 Å². The summed E-state index contributed by atoms with van der Waals surface area (Å²) in [7, 11) is 0. The molecule has 1 N–H and O–H groups in total. The van der Waals surface area contributed by atoms with Crippen LogP contribution in [-0.4, -0.2) is 61.0 Å². The minimum absolute atomic E-state index is 0.368. The van der Waals surface area contributed by atoms with Crippen molar-refractivity contribution in [1.82, 2.24) is 5.32 Å². The second kappa shape index (κ2) is 7.55. The maximum atomic E-state index is 6.14. The van der Waals surface area contributed by atoms with Crippen molar-refractivity contribution in [2.45, 2.75) is 37.5 Å². The molecule has 0 unspecified atom stereocenters. The van der Waals surface area contributed by atoms with Crippen LogP contribution in [0.15, 0.2) is 0 Å². The molecule has 5 heteroatoms. The van der Waals surface area contributed by atoms with E-state index in [4.69, 9.17) is 9.47 Å². The number of ether oxygens (including phenoxy) is 2. The molecule has 2 heterocycles. The van der Waals surface area contributed by atoms with E-state index >= 15 is 0 Å². The summed E-state index contributed by atoms with van der Waals surface area (Å²) in [6.45, 7) is 2.65. The normalized spacial score (nSPS) is 34.1. The highest BCUT2D eigenvalue weighted by Gasteiger charge is 2.31. The Kier molecular flexibility index (Phi) is 5.77. The first-order valence-electron chi connectivity index (χ1n) is 7.52. The molecule has 0 amide bonds. The lowest BCUT2D eigenvalue weighted by atomic mass is 10.1. The van der Waals surface area contributed by atoms with Gasteiger partial charge in [-0.3, -0.25) is 0 Å². The molecular formula is C14H25NO2S2. The number of hydrogen-bond acceptors (Lipinski definition) is 5. The monoisotopic (exact) mass is 303 g/mol. The molecule has 0 aromatic carbocycles. The zero-order valence-electron chi connectivity index (χ0n) is 11.5. The van der Waals surface area contributed by atoms with Crippen LogP contribution in [0.4, 0.5) is 0 Å². The molecule has 3 nitrogen and oxygen atoms in total. The molecule has 3 aliphatic rings. The quantitative estimate of drug-likeness (QED) is 0.839. The summed E-state index contributed by atoms with van der Waals surface area (Å²) in [5.74, 6) is 5.92. The van der Waals surface area contributed by atoms with Gasteiger partial charge in [0.2, 0.25) is 0 Å². The molecule has 0 radical (unpaired) electrons. The van der Waals surface area contributed by atoms with Crippen molar-refractivity contribution in [3.8, 4) is 0 Å². The van der Waals surface area contributed by atoms with E-state index in [2.05, 4.69) is 28.8 Å². The van der Waals surface area contributed by atoms with Crippen LogP contribution in [0.25, 0.3) is 0 Å². The van der Waals surface area contributed by atoms with Crippen LogP contribution in [0.3, 0.4) is 0 Å². The molecule has 1 saturated carbocycles. The fourth-order valence-corrected chi connectivity index (χ4v) is 5.06. The fourth-order valence-electron chi connectivity index (χ4n) is 2.63. The van der Waals surface area contributed by atoms with Crippen molar-refractivity contribution in [2.24, 2.45) is 5.92 Å². The van der Waals surface area contributed by atoms with E-state index in [-0.39, 0.29) is 0 Å². The largest absolute Gasteiger partial charge is 0.380 e. The van der Waals surface area contributed by atoms with Crippen molar-refractivity contribution < 1.29 is 9.47 Å². The number of rotatable bonds is 5. The molecule has 3 rings (SSSR count). The lowest BCUT2D eigenvalue weighted by molar-refractivity contribution is -0.0604. The Morgan fingerprint density at radius 3 is 2.63 bits per heavy atom. The van der Waals surface area contributed by atoms with E-state index in [0.29, 0.717) is 18.2 Å². The molecule has 0 spiro atoms. The topological polar surface area (TPSA) is 30.5 Å². The number of nitrogens with one attached hydrogen (secondary N) is 1. The van der Waals surface area contributed by atoms with E-state index in [1.54, 1.807) is 0 Å². The minimum atomic E-state index is 0.368. The van der Waals surface area contributed by atoms with E-state index in [1.807, 2.05) is 0 Å². The third-order valence-corrected chi connectivity index (χ3v) is 6.52. The first-order chi connectivity index (χ1) is 9.42. The van der Waals surface area contributed by atoms with Gasteiger partial charge in [-0.25, -0.2) is 0 Å². The Morgan fingerprint density at radius 1 is 1.11 bits per heavy atom. The second-order valence-electron chi connectivity index (χ2n) is 5.80. The van der Waals surface area contributed by atoms with Gasteiger partial charge in [0, 0.05) is 42.3 Å². The molecule has 110 valence electrons. The molecule has 1 aliphatic carbocycles. The summed E-state index contributed by atoms with van der Waals surface area (Å²) >= 11 is 4.15. The lowest BCUT2D eigenvalue weighted by Crippen LogP contribution is -2.53. The van der Waals surface area contributed by atoms with Gasteiger partial charge in [0.25, 0.3) is 0 Å². The molecular weight excluding hydrogens is 278 g/mol. The minimum Gasteiger partial charge on any atom is -0.380 e. The average molecular weight is 303 g/mol. The van der Waals surface area contributed by atoms with Gasteiger partial charge in [0.05, 0.1) is 18.8 Å². The summed E-state index contributed by atoms with van der Waals surface area (Å²) in [6, 6.07) is 1.02. The van der Waals surface area contributed by atoms with Gasteiger partial charge in [-0.05, 0) is 25.2 Å². The van der Waals surface area contributed by atoms with Crippen LogP contribution in [-0.2, 0) is 9.47 Å². The Balaban J connectivity index is 1.47. The zero-order valence-corrected chi connectivity index (χ0v) is 13.1. The maximum absolute atomic E-state index is 6.14. The molecule has 0 aromatic heterocycles. The van der Waals surface area contributed by atoms with Gasteiger partial charge in [0.1, 0.15) is 0 Å². The van der Waals surface area contributed by atoms with Crippen LogP contribution in [0, 0.1) is 5.92 Å². The van der Waals surface area contributed by atoms with Gasteiger partial charge in [-0.15, -0.1) is 0 Å². The lowest BCUT2D eigenvalue weighted by Gasteiger charge is -2.34. The highest BCUT2D eigenvalue weighted by Crippen LogP contribution is 2.30. The third-order valence-electron chi connectivity index (χ3n) is 4.00. The first kappa shape index (κ1) is 14.5. The summed E-state index contributed by atoms with van der Waals surface area (Å²) in [4.78, 5) is 0. The van der Waals surface area contributed by atoms with Gasteiger partial charge in [0.15, 0.2) is 0 Å².